The van der Waals surface area contributed by atoms with E-state index >= 15 is 0 Å². The van der Waals surface area contributed by atoms with Crippen LogP contribution in [0.5, 0.6) is 5.88 Å². The van der Waals surface area contributed by atoms with Crippen LogP contribution in [0.2, 0.25) is 0 Å². The lowest BCUT2D eigenvalue weighted by Gasteiger charge is -2.13. The second kappa shape index (κ2) is 9.95. The van der Waals surface area contributed by atoms with Gasteiger partial charge in [-0.1, -0.05) is 18.2 Å². The van der Waals surface area contributed by atoms with E-state index in [1.165, 1.54) is 4.68 Å². The lowest BCUT2D eigenvalue weighted by atomic mass is 10.3. The molecule has 0 aliphatic heterocycles. The summed E-state index contributed by atoms with van der Waals surface area (Å²) in [7, 11) is 4.06. The SMILES string of the molecule is CCOc1cc(NCCCN(C)C)c(=O)n(-c2ccccc2)n1.Cl. The van der Waals surface area contributed by atoms with Gasteiger partial charge in [-0.25, -0.2) is 0 Å². The molecule has 7 heteroatoms. The predicted octanol–water partition coefficient (Wildman–Crippen LogP) is 2.42. The molecule has 1 aromatic heterocycles. The number of ether oxygens (including phenoxy) is 1. The van der Waals surface area contributed by atoms with Gasteiger partial charge in [0.15, 0.2) is 0 Å². The third kappa shape index (κ3) is 5.54. The van der Waals surface area contributed by atoms with Gasteiger partial charge in [0, 0.05) is 12.6 Å². The topological polar surface area (TPSA) is 59.4 Å². The molecule has 0 unspecified atom stereocenters. The molecule has 132 valence electrons. The summed E-state index contributed by atoms with van der Waals surface area (Å²) in [6, 6.07) is 11.0. The molecule has 0 saturated heterocycles. The Kier molecular flexibility index (Phi) is 8.29. The number of anilines is 1. The lowest BCUT2D eigenvalue weighted by Crippen LogP contribution is -2.26. The van der Waals surface area contributed by atoms with Crippen LogP contribution in [0.15, 0.2) is 41.2 Å². The Hall–Kier alpha value is -2.05. The van der Waals surface area contributed by atoms with Gasteiger partial charge in [-0.3, -0.25) is 4.79 Å². The molecule has 0 saturated carbocycles. The number of para-hydroxylation sites is 1. The van der Waals surface area contributed by atoms with Crippen molar-refractivity contribution in [2.75, 3.05) is 39.1 Å². The van der Waals surface area contributed by atoms with Crippen LogP contribution in [0, 0.1) is 0 Å². The van der Waals surface area contributed by atoms with Crippen molar-refractivity contribution in [3.63, 3.8) is 0 Å². The van der Waals surface area contributed by atoms with E-state index in [0.717, 1.165) is 25.2 Å². The van der Waals surface area contributed by atoms with Crippen molar-refractivity contribution in [1.29, 1.82) is 0 Å². The summed E-state index contributed by atoms with van der Waals surface area (Å²) in [4.78, 5) is 14.7. The predicted molar refractivity (Wildman–Crippen MR) is 99.9 cm³/mol. The minimum absolute atomic E-state index is 0. The van der Waals surface area contributed by atoms with Crippen LogP contribution < -0.4 is 15.6 Å². The fraction of sp³-hybridized carbons (Fsp3) is 0.412. The average molecular weight is 353 g/mol. The van der Waals surface area contributed by atoms with E-state index in [9.17, 15) is 4.79 Å². The summed E-state index contributed by atoms with van der Waals surface area (Å²) in [6.07, 6.45) is 0.948. The van der Waals surface area contributed by atoms with Crippen molar-refractivity contribution >= 4 is 18.1 Å². The molecule has 0 aliphatic rings. The first kappa shape index (κ1) is 20.0. The van der Waals surface area contributed by atoms with Crippen LogP contribution in [0.3, 0.4) is 0 Å². The molecular formula is C17H25ClN4O2. The van der Waals surface area contributed by atoms with Crippen molar-refractivity contribution in [1.82, 2.24) is 14.7 Å². The van der Waals surface area contributed by atoms with Crippen molar-refractivity contribution in [2.45, 2.75) is 13.3 Å². The van der Waals surface area contributed by atoms with Crippen LogP contribution in [-0.4, -0.2) is 48.5 Å². The minimum Gasteiger partial charge on any atom is -0.477 e. The Morgan fingerprint density at radius 3 is 2.58 bits per heavy atom. The molecule has 1 aromatic carbocycles. The average Bonchev–Trinajstić information content (AvgIpc) is 2.55. The van der Waals surface area contributed by atoms with Crippen LogP contribution in [0.4, 0.5) is 5.69 Å². The summed E-state index contributed by atoms with van der Waals surface area (Å²) in [5.74, 6) is 0.436. The molecule has 0 spiro atoms. The van der Waals surface area contributed by atoms with Crippen LogP contribution >= 0.6 is 12.4 Å². The van der Waals surface area contributed by atoms with Crippen molar-refractivity contribution < 1.29 is 4.74 Å². The van der Waals surface area contributed by atoms with Gasteiger partial charge in [-0.15, -0.1) is 17.5 Å². The van der Waals surface area contributed by atoms with Gasteiger partial charge >= 0.3 is 0 Å². The van der Waals surface area contributed by atoms with Crippen LogP contribution in [0.1, 0.15) is 13.3 Å². The highest BCUT2D eigenvalue weighted by Crippen LogP contribution is 2.13. The second-order valence-electron chi connectivity index (χ2n) is 5.47. The monoisotopic (exact) mass is 352 g/mol. The maximum absolute atomic E-state index is 12.6. The molecule has 0 radical (unpaired) electrons. The highest BCUT2D eigenvalue weighted by Gasteiger charge is 2.10. The summed E-state index contributed by atoms with van der Waals surface area (Å²) in [5, 5.41) is 7.48. The van der Waals surface area contributed by atoms with Gasteiger partial charge in [0.05, 0.1) is 12.3 Å². The molecule has 6 nitrogen and oxygen atoms in total. The second-order valence-corrected chi connectivity index (χ2v) is 5.47. The number of halogens is 1. The Morgan fingerprint density at radius 1 is 1.25 bits per heavy atom. The normalized spacial score (nSPS) is 10.3. The molecule has 1 N–H and O–H groups in total. The number of rotatable bonds is 8. The van der Waals surface area contributed by atoms with Gasteiger partial charge in [-0.2, -0.15) is 4.68 Å². The first-order chi connectivity index (χ1) is 11.1. The van der Waals surface area contributed by atoms with Crippen molar-refractivity contribution in [2.24, 2.45) is 0 Å². The summed E-state index contributed by atoms with van der Waals surface area (Å²) >= 11 is 0. The largest absolute Gasteiger partial charge is 0.477 e. The van der Waals surface area contributed by atoms with E-state index in [-0.39, 0.29) is 18.0 Å². The molecule has 0 amide bonds. The first-order valence-corrected chi connectivity index (χ1v) is 7.83. The van der Waals surface area contributed by atoms with Gasteiger partial charge in [0.25, 0.3) is 5.56 Å². The van der Waals surface area contributed by atoms with E-state index in [1.54, 1.807) is 6.07 Å². The molecule has 0 bridgehead atoms. The molecule has 0 atom stereocenters. The van der Waals surface area contributed by atoms with E-state index in [2.05, 4.69) is 15.3 Å². The molecule has 0 fully saturated rings. The Balaban J connectivity index is 0.00000288. The summed E-state index contributed by atoms with van der Waals surface area (Å²) in [5.41, 5.74) is 1.05. The zero-order valence-corrected chi connectivity index (χ0v) is 15.2. The van der Waals surface area contributed by atoms with Crippen LogP contribution in [0.25, 0.3) is 5.69 Å². The molecule has 1 heterocycles. The smallest absolute Gasteiger partial charge is 0.295 e. The van der Waals surface area contributed by atoms with Gasteiger partial charge < -0.3 is 15.0 Å². The first-order valence-electron chi connectivity index (χ1n) is 7.83. The third-order valence-electron chi connectivity index (χ3n) is 3.28. The molecule has 2 rings (SSSR count). The highest BCUT2D eigenvalue weighted by molar-refractivity contribution is 5.85. The van der Waals surface area contributed by atoms with Gasteiger partial charge in [-0.05, 0) is 46.1 Å². The molecule has 0 aliphatic carbocycles. The van der Waals surface area contributed by atoms with Gasteiger partial charge in [0.2, 0.25) is 5.88 Å². The Labute approximate surface area is 148 Å². The Morgan fingerprint density at radius 2 is 1.96 bits per heavy atom. The fourth-order valence-corrected chi connectivity index (χ4v) is 2.18. The van der Waals surface area contributed by atoms with Crippen molar-refractivity contribution in [3.05, 3.63) is 46.8 Å². The summed E-state index contributed by atoms with van der Waals surface area (Å²) < 4.78 is 6.86. The quantitative estimate of drug-likeness (QED) is 0.739. The lowest BCUT2D eigenvalue weighted by molar-refractivity contribution is 0.319. The number of benzene rings is 1. The minimum atomic E-state index is -0.176. The third-order valence-corrected chi connectivity index (χ3v) is 3.28. The standard InChI is InChI=1S/C17H24N4O2.ClH/c1-4-23-16-13-15(18-11-8-12-20(2)3)17(22)21(19-16)14-9-6-5-7-10-14;/h5-7,9-10,13,18H,4,8,11-12H2,1-3H3;1H. The number of nitrogens with zero attached hydrogens (tertiary/aromatic N) is 3. The maximum atomic E-state index is 12.6. The fourth-order valence-electron chi connectivity index (χ4n) is 2.18. The van der Waals surface area contributed by atoms with E-state index in [1.807, 2.05) is 51.4 Å². The molecular weight excluding hydrogens is 328 g/mol. The highest BCUT2D eigenvalue weighted by atomic mass is 35.5. The zero-order chi connectivity index (χ0) is 16.7. The number of aromatic nitrogens is 2. The zero-order valence-electron chi connectivity index (χ0n) is 14.4. The van der Waals surface area contributed by atoms with Crippen molar-refractivity contribution in [3.8, 4) is 11.6 Å². The van der Waals surface area contributed by atoms with Gasteiger partial charge in [0.1, 0.15) is 5.69 Å². The Bertz CT molecular complexity index is 674. The molecule has 2 aromatic rings. The molecule has 24 heavy (non-hydrogen) atoms. The summed E-state index contributed by atoms with van der Waals surface area (Å²) in [6.45, 7) is 4.07. The van der Waals surface area contributed by atoms with E-state index < -0.39 is 0 Å². The number of hydrogen-bond donors (Lipinski definition) is 1. The number of nitrogens with one attached hydrogen (secondary N) is 1. The van der Waals surface area contributed by atoms with E-state index in [0.29, 0.717) is 18.2 Å². The number of hydrogen-bond acceptors (Lipinski definition) is 5. The van der Waals surface area contributed by atoms with Crippen LogP contribution in [-0.2, 0) is 0 Å². The van der Waals surface area contributed by atoms with E-state index in [4.69, 9.17) is 4.74 Å². The maximum Gasteiger partial charge on any atom is 0.295 e.